The van der Waals surface area contributed by atoms with Crippen LogP contribution < -0.4 is 0 Å². The minimum absolute atomic E-state index is 0.571. The van der Waals surface area contributed by atoms with E-state index in [1.807, 2.05) is 70.6 Å². The molecular weight excluding hydrogens is 661 g/mol. The molecule has 0 aromatic heterocycles. The highest BCUT2D eigenvalue weighted by Crippen LogP contribution is 2.35. The molecule has 0 aliphatic heterocycles. The Hall–Kier alpha value is 5.25. The maximum atomic E-state index is 4.41. The minimum atomic E-state index is 0.571. The predicted octanol–water partition coefficient (Wildman–Crippen LogP) is 8.26. The van der Waals surface area contributed by atoms with E-state index >= 15 is 0 Å². The van der Waals surface area contributed by atoms with Gasteiger partial charge in [0.2, 0.25) is 0 Å². The zero-order chi connectivity index (χ0) is 22.5. The number of hydrogen-bond acceptors (Lipinski definition) is 15. The Morgan fingerprint density at radius 1 is 0.367 bits per heavy atom. The van der Waals surface area contributed by atoms with Crippen molar-refractivity contribution in [3.8, 4) is 0 Å². The van der Waals surface area contributed by atoms with Gasteiger partial charge in [0.05, 0.1) is 13.7 Å². The largest absolute Gasteiger partial charge is 0.168 e. The molecule has 0 aromatic carbocycles. The van der Waals surface area contributed by atoms with Crippen molar-refractivity contribution >= 4 is 182 Å². The molecule has 0 spiro atoms. The molecule has 0 aliphatic rings. The van der Waals surface area contributed by atoms with Crippen LogP contribution in [0.5, 0.6) is 0 Å². The highest BCUT2D eigenvalue weighted by atomic mass is 32.2. The minimum Gasteiger partial charge on any atom is -0.168 e. The predicted molar refractivity (Wildman–Crippen MR) is 191 cm³/mol. The van der Waals surface area contributed by atoms with Gasteiger partial charge in [-0.3, -0.25) is 0 Å². The Labute approximate surface area is 256 Å². The maximum Gasteiger partial charge on any atom is 0.0609 e. The highest BCUT2D eigenvalue weighted by molar-refractivity contribution is 8.25. The lowest BCUT2D eigenvalue weighted by Crippen LogP contribution is -2.17. The maximum absolute atomic E-state index is 4.41. The first-order valence-electron chi connectivity index (χ1n) is 8.76. The summed E-state index contributed by atoms with van der Waals surface area (Å²) in [5, 5.41) is 5.88. The summed E-state index contributed by atoms with van der Waals surface area (Å²) in [4.78, 5) is 0. The van der Waals surface area contributed by atoms with Crippen LogP contribution in [0.25, 0.3) is 0 Å². The van der Waals surface area contributed by atoms with Gasteiger partial charge in [-0.1, -0.05) is 0 Å². The van der Waals surface area contributed by atoms with Crippen LogP contribution in [-0.2, 0) is 0 Å². The van der Waals surface area contributed by atoms with Crippen LogP contribution in [0.4, 0.5) is 0 Å². The van der Waals surface area contributed by atoms with Crippen molar-refractivity contribution in [2.24, 2.45) is 0 Å². The molecule has 0 radical (unpaired) electrons. The third kappa shape index (κ3) is 21.3. The van der Waals surface area contributed by atoms with Gasteiger partial charge in [-0.15, -0.1) is 70.6 Å². The van der Waals surface area contributed by atoms with Gasteiger partial charge in [0, 0.05) is 64.5 Å². The quantitative estimate of drug-likeness (QED) is 0.0459. The van der Waals surface area contributed by atoms with Gasteiger partial charge in [0.15, 0.2) is 0 Å². The van der Waals surface area contributed by atoms with Gasteiger partial charge >= 0.3 is 0 Å². The summed E-state index contributed by atoms with van der Waals surface area (Å²) in [6.45, 7) is 0. The molecule has 0 N–H and O–H groups in total. The Kier molecular flexibility index (Phi) is 32.1. The Bertz CT molecular complexity index is 310. The molecule has 0 unspecified atom stereocenters. The zero-order valence-corrected chi connectivity index (χ0v) is 29.2. The summed E-state index contributed by atoms with van der Waals surface area (Å²) in [6.07, 6.45) is 0. The van der Waals surface area contributed by atoms with Crippen LogP contribution in [0, 0.1) is 0 Å². The molecule has 0 rings (SSSR count). The van der Waals surface area contributed by atoms with Gasteiger partial charge < -0.3 is 0 Å². The van der Waals surface area contributed by atoms with Crippen molar-refractivity contribution in [1.82, 2.24) is 0 Å². The molecule has 0 aromatic rings. The smallest absolute Gasteiger partial charge is 0.0609 e. The van der Waals surface area contributed by atoms with E-state index in [-0.39, 0.29) is 0 Å². The van der Waals surface area contributed by atoms with Gasteiger partial charge in [-0.25, -0.2) is 0 Å². The molecule has 0 nitrogen and oxygen atoms in total. The monoisotopic (exact) mass is 692 g/mol. The van der Waals surface area contributed by atoms with Crippen molar-refractivity contribution in [1.29, 1.82) is 0 Å². The van der Waals surface area contributed by atoms with Gasteiger partial charge in [0.25, 0.3) is 0 Å². The summed E-state index contributed by atoms with van der Waals surface area (Å²) in [5.41, 5.74) is 0. The number of thiol groups is 6. The van der Waals surface area contributed by atoms with Crippen molar-refractivity contribution in [3.63, 3.8) is 0 Å². The lowest BCUT2D eigenvalue weighted by Gasteiger charge is -2.22. The lowest BCUT2D eigenvalue weighted by molar-refractivity contribution is 1.14. The van der Waals surface area contributed by atoms with E-state index in [4.69, 9.17) is 0 Å². The van der Waals surface area contributed by atoms with Gasteiger partial charge in [-0.05, 0) is 0 Å². The lowest BCUT2D eigenvalue weighted by atomic mass is 10.5. The molecule has 0 saturated carbocycles. The number of hydrogen-bond donors (Lipinski definition) is 6. The SMILES string of the molecule is SCSC(CSCC(CSCC(SCS)SCS)SCC(SCS)SCS)SCS. The zero-order valence-electron chi connectivity index (χ0n) is 16.4. The molecule has 0 aliphatic carbocycles. The van der Waals surface area contributed by atoms with Crippen LogP contribution in [0.15, 0.2) is 0 Å². The number of thioether (sulfide) groups is 9. The molecule has 0 saturated heterocycles. The average Bonchev–Trinajstić information content (AvgIpc) is 2.72. The fraction of sp³-hybridized carbons (Fsp3) is 1.00. The third-order valence-electron chi connectivity index (χ3n) is 3.15. The van der Waals surface area contributed by atoms with E-state index in [1.54, 1.807) is 0 Å². The van der Waals surface area contributed by atoms with E-state index in [1.165, 1.54) is 11.5 Å². The summed E-state index contributed by atoms with van der Waals surface area (Å²) in [6, 6.07) is 0. The van der Waals surface area contributed by atoms with Crippen molar-refractivity contribution in [2.45, 2.75) is 19.0 Å². The van der Waals surface area contributed by atoms with Crippen LogP contribution in [0.2, 0.25) is 0 Å². The molecule has 15 heteroatoms. The molecule has 0 fully saturated rings. The van der Waals surface area contributed by atoms with Crippen molar-refractivity contribution in [3.05, 3.63) is 0 Å². The second kappa shape index (κ2) is 27.3. The molecule has 0 amide bonds. The number of rotatable bonds is 23. The molecule has 0 heterocycles. The van der Waals surface area contributed by atoms with Gasteiger partial charge in [-0.2, -0.15) is 111 Å². The summed E-state index contributed by atoms with van der Waals surface area (Å²) in [7, 11) is 0. The van der Waals surface area contributed by atoms with Gasteiger partial charge in [0.1, 0.15) is 0 Å². The van der Waals surface area contributed by atoms with Crippen molar-refractivity contribution < 1.29 is 0 Å². The third-order valence-corrected chi connectivity index (χ3v) is 17.8. The van der Waals surface area contributed by atoms with E-state index in [0.717, 1.165) is 47.8 Å². The van der Waals surface area contributed by atoms with Crippen LogP contribution in [-0.4, -0.2) is 78.3 Å². The Balaban J connectivity index is 4.61. The summed E-state index contributed by atoms with van der Waals surface area (Å²) < 4.78 is 1.74. The fourth-order valence-electron chi connectivity index (χ4n) is 1.88. The van der Waals surface area contributed by atoms with E-state index in [0.29, 0.717) is 19.0 Å². The first-order chi connectivity index (χ1) is 14.6. The Morgan fingerprint density at radius 2 is 0.667 bits per heavy atom. The summed E-state index contributed by atoms with van der Waals surface area (Å²) >= 11 is 44.2. The normalized spacial score (nSPS) is 12.2. The molecule has 0 atom stereocenters. The first kappa shape index (κ1) is 35.2. The average molecular weight is 693 g/mol. The van der Waals surface area contributed by atoms with Crippen LogP contribution in [0.1, 0.15) is 0 Å². The van der Waals surface area contributed by atoms with E-state index in [2.05, 4.69) is 111 Å². The summed E-state index contributed by atoms with van der Waals surface area (Å²) in [5.74, 6) is 5.87. The highest BCUT2D eigenvalue weighted by Gasteiger charge is 2.18. The first-order valence-corrected chi connectivity index (χ1v) is 22.2. The van der Waals surface area contributed by atoms with E-state index < -0.39 is 0 Å². The van der Waals surface area contributed by atoms with E-state index in [9.17, 15) is 0 Å². The molecule has 0 bridgehead atoms. The van der Waals surface area contributed by atoms with Crippen LogP contribution in [0.3, 0.4) is 0 Å². The van der Waals surface area contributed by atoms with Crippen molar-refractivity contribution in [2.75, 3.05) is 59.3 Å². The topological polar surface area (TPSA) is 0 Å². The standard InChI is InChI=1S/C15H32S15/c16-6-25-13(26-7-17)3-22-1-12(24-5-15(29-10-20)30-11-21)2-23-4-14(27-8-18)28-9-19/h12-21H,1-11H2. The second-order valence-electron chi connectivity index (χ2n) is 5.09. The van der Waals surface area contributed by atoms with Crippen LogP contribution >= 0.6 is 182 Å². The Morgan fingerprint density at radius 3 is 0.967 bits per heavy atom. The second-order valence-corrected chi connectivity index (χ2v) is 21.1. The molecule has 30 heavy (non-hydrogen) atoms. The molecule has 182 valence electrons. The molecular formula is C15H32S15. The fourth-order valence-corrected chi connectivity index (χ4v) is 17.6.